The summed E-state index contributed by atoms with van der Waals surface area (Å²) in [5.41, 5.74) is 8.12. The van der Waals surface area contributed by atoms with Crippen molar-refractivity contribution < 1.29 is 19.1 Å². The maximum absolute atomic E-state index is 12.0. The Morgan fingerprint density at radius 2 is 1.88 bits per heavy atom. The van der Waals surface area contributed by atoms with E-state index in [-0.39, 0.29) is 13.0 Å². The summed E-state index contributed by atoms with van der Waals surface area (Å²) in [4.78, 5) is 34.0. The number of hydrogen-bond acceptors (Lipinski definition) is 5. The Bertz CT molecular complexity index is 783. The molecule has 2 aromatic rings. The van der Waals surface area contributed by atoms with E-state index in [1.165, 1.54) is 0 Å². The molecule has 132 valence electrons. The Kier molecular flexibility index (Phi) is 5.89. The molecule has 25 heavy (non-hydrogen) atoms. The monoisotopic (exact) mass is 344 g/mol. The van der Waals surface area contributed by atoms with Crippen LogP contribution in [0.5, 0.6) is 0 Å². The lowest BCUT2D eigenvalue weighted by atomic mass is 10.1. The quantitative estimate of drug-likeness (QED) is 0.695. The highest BCUT2D eigenvalue weighted by atomic mass is 16.5. The third-order valence-corrected chi connectivity index (χ3v) is 3.59. The van der Waals surface area contributed by atoms with Crippen molar-refractivity contribution in [3.05, 3.63) is 47.3 Å². The summed E-state index contributed by atoms with van der Waals surface area (Å²) in [6.07, 6.45) is 0.00754. The van der Waals surface area contributed by atoms with Gasteiger partial charge in [-0.25, -0.2) is 4.68 Å². The second-order valence-corrected chi connectivity index (χ2v) is 5.48. The summed E-state index contributed by atoms with van der Waals surface area (Å²) >= 11 is 0. The fourth-order valence-electron chi connectivity index (χ4n) is 2.33. The minimum absolute atomic E-state index is 0.00754. The predicted octanol–water partition coefficient (Wildman–Crippen LogP) is 0.176. The van der Waals surface area contributed by atoms with E-state index in [9.17, 15) is 14.4 Å². The largest absolute Gasteiger partial charge is 0.455 e. The molecule has 8 heteroatoms. The van der Waals surface area contributed by atoms with E-state index in [0.717, 1.165) is 22.6 Å². The van der Waals surface area contributed by atoms with Gasteiger partial charge < -0.3 is 15.8 Å². The van der Waals surface area contributed by atoms with Crippen molar-refractivity contribution in [3.8, 4) is 5.69 Å². The lowest BCUT2D eigenvalue weighted by molar-refractivity contribution is -0.147. The number of hydrogen-bond donors (Lipinski definition) is 2. The van der Waals surface area contributed by atoms with Crippen molar-refractivity contribution in [2.45, 2.75) is 20.3 Å². The Labute approximate surface area is 145 Å². The third kappa shape index (κ3) is 4.90. The number of amides is 2. The molecule has 0 fully saturated rings. The van der Waals surface area contributed by atoms with Crippen LogP contribution in [0.3, 0.4) is 0 Å². The first-order valence-electron chi connectivity index (χ1n) is 7.69. The zero-order valence-electron chi connectivity index (χ0n) is 14.1. The molecular formula is C17H20N4O4. The average molecular weight is 344 g/mol. The Morgan fingerprint density at radius 1 is 1.20 bits per heavy atom. The van der Waals surface area contributed by atoms with Crippen molar-refractivity contribution in [3.63, 3.8) is 0 Å². The topological polar surface area (TPSA) is 116 Å². The third-order valence-electron chi connectivity index (χ3n) is 3.59. The summed E-state index contributed by atoms with van der Waals surface area (Å²) in [7, 11) is 0. The highest BCUT2D eigenvalue weighted by molar-refractivity contribution is 5.85. The lowest BCUT2D eigenvalue weighted by Gasteiger charge is -2.06. The molecule has 2 amide bonds. The standard InChI is InChI=1S/C17H20N4O4/c1-11-14(8-17(24)25-10-16(23)19-9-15(18)22)12(2)21(20-11)13-6-4-3-5-7-13/h3-7H,8-10H2,1-2H3,(H2,18,22)(H,19,23). The van der Waals surface area contributed by atoms with Crippen LogP contribution in [-0.2, 0) is 25.5 Å². The number of nitrogens with two attached hydrogens (primary N) is 1. The molecule has 1 heterocycles. The number of ether oxygens (including phenoxy) is 1. The maximum atomic E-state index is 12.0. The van der Waals surface area contributed by atoms with Crippen LogP contribution in [0.4, 0.5) is 0 Å². The normalized spacial score (nSPS) is 10.3. The first-order chi connectivity index (χ1) is 11.9. The number of nitrogens with one attached hydrogen (secondary N) is 1. The molecule has 0 aliphatic carbocycles. The molecule has 2 rings (SSSR count). The molecule has 1 aromatic carbocycles. The van der Waals surface area contributed by atoms with E-state index in [0.29, 0.717) is 0 Å². The zero-order chi connectivity index (χ0) is 18.4. The van der Waals surface area contributed by atoms with Gasteiger partial charge in [0, 0.05) is 11.3 Å². The van der Waals surface area contributed by atoms with E-state index in [4.69, 9.17) is 10.5 Å². The molecule has 0 bridgehead atoms. The highest BCUT2D eigenvalue weighted by Gasteiger charge is 2.17. The van der Waals surface area contributed by atoms with Crippen LogP contribution >= 0.6 is 0 Å². The van der Waals surface area contributed by atoms with Gasteiger partial charge in [-0.15, -0.1) is 0 Å². The molecular weight excluding hydrogens is 324 g/mol. The smallest absolute Gasteiger partial charge is 0.310 e. The van der Waals surface area contributed by atoms with Gasteiger partial charge in [0.25, 0.3) is 5.91 Å². The van der Waals surface area contributed by atoms with Gasteiger partial charge in [-0.05, 0) is 26.0 Å². The Balaban J connectivity index is 1.98. The summed E-state index contributed by atoms with van der Waals surface area (Å²) in [5.74, 6) is -1.80. The van der Waals surface area contributed by atoms with Crippen LogP contribution < -0.4 is 11.1 Å². The second-order valence-electron chi connectivity index (χ2n) is 5.48. The second kappa shape index (κ2) is 8.09. The minimum atomic E-state index is -0.667. The number of primary amides is 1. The van der Waals surface area contributed by atoms with Gasteiger partial charge in [0.2, 0.25) is 5.91 Å². The molecule has 0 radical (unpaired) electrons. The number of aryl methyl sites for hydroxylation is 1. The van der Waals surface area contributed by atoms with E-state index in [2.05, 4.69) is 10.4 Å². The van der Waals surface area contributed by atoms with Crippen LogP contribution in [0.2, 0.25) is 0 Å². The number of esters is 1. The molecule has 0 aliphatic heterocycles. The van der Waals surface area contributed by atoms with E-state index >= 15 is 0 Å². The average Bonchev–Trinajstić information content (AvgIpc) is 2.87. The Hall–Kier alpha value is -3.16. The number of rotatable bonds is 7. The summed E-state index contributed by atoms with van der Waals surface area (Å²) < 4.78 is 6.69. The van der Waals surface area contributed by atoms with Gasteiger partial charge in [-0.1, -0.05) is 18.2 Å². The molecule has 0 saturated heterocycles. The molecule has 3 N–H and O–H groups in total. The first-order valence-corrected chi connectivity index (χ1v) is 7.69. The maximum Gasteiger partial charge on any atom is 0.310 e. The van der Waals surface area contributed by atoms with Crippen molar-refractivity contribution in [1.82, 2.24) is 15.1 Å². The fraction of sp³-hybridized carbons (Fsp3) is 0.294. The van der Waals surface area contributed by atoms with Crippen molar-refractivity contribution >= 4 is 17.8 Å². The number of benzene rings is 1. The summed E-state index contributed by atoms with van der Waals surface area (Å²) in [5, 5.41) is 6.70. The molecule has 0 unspecified atom stereocenters. The number of aromatic nitrogens is 2. The molecule has 1 aromatic heterocycles. The molecule has 0 atom stereocenters. The number of nitrogens with zero attached hydrogens (tertiary/aromatic N) is 2. The van der Waals surface area contributed by atoms with Gasteiger partial charge in [0.1, 0.15) is 0 Å². The van der Waals surface area contributed by atoms with Crippen LogP contribution in [0.25, 0.3) is 5.69 Å². The molecule has 0 spiro atoms. The SMILES string of the molecule is Cc1nn(-c2ccccc2)c(C)c1CC(=O)OCC(=O)NCC(N)=O. The molecule has 8 nitrogen and oxygen atoms in total. The van der Waals surface area contributed by atoms with E-state index < -0.39 is 24.4 Å². The van der Waals surface area contributed by atoms with Gasteiger partial charge in [0.15, 0.2) is 6.61 Å². The first kappa shape index (κ1) is 18.2. The zero-order valence-corrected chi connectivity index (χ0v) is 14.1. The number of carbonyl (C=O) groups excluding carboxylic acids is 3. The minimum Gasteiger partial charge on any atom is -0.455 e. The van der Waals surface area contributed by atoms with Gasteiger partial charge in [-0.2, -0.15) is 5.10 Å². The molecule has 0 saturated carbocycles. The van der Waals surface area contributed by atoms with Crippen LogP contribution in [0.15, 0.2) is 30.3 Å². The van der Waals surface area contributed by atoms with Crippen LogP contribution in [0.1, 0.15) is 17.0 Å². The van der Waals surface area contributed by atoms with Gasteiger partial charge >= 0.3 is 5.97 Å². The summed E-state index contributed by atoms with van der Waals surface area (Å²) in [6, 6.07) is 9.57. The molecule has 0 aliphatic rings. The highest BCUT2D eigenvalue weighted by Crippen LogP contribution is 2.18. The predicted molar refractivity (Wildman–Crippen MR) is 89.9 cm³/mol. The summed E-state index contributed by atoms with van der Waals surface area (Å²) in [6.45, 7) is 2.93. The van der Waals surface area contributed by atoms with Crippen LogP contribution in [0, 0.1) is 13.8 Å². The van der Waals surface area contributed by atoms with E-state index in [1.807, 2.05) is 44.2 Å². The van der Waals surface area contributed by atoms with Crippen molar-refractivity contribution in [2.24, 2.45) is 5.73 Å². The van der Waals surface area contributed by atoms with Crippen molar-refractivity contribution in [1.29, 1.82) is 0 Å². The van der Waals surface area contributed by atoms with E-state index in [1.54, 1.807) is 4.68 Å². The van der Waals surface area contributed by atoms with Gasteiger partial charge in [0.05, 0.1) is 24.3 Å². The van der Waals surface area contributed by atoms with Crippen molar-refractivity contribution in [2.75, 3.05) is 13.2 Å². The number of para-hydroxylation sites is 1. The van der Waals surface area contributed by atoms with Crippen LogP contribution in [-0.4, -0.2) is 40.7 Å². The lowest BCUT2D eigenvalue weighted by Crippen LogP contribution is -2.36. The van der Waals surface area contributed by atoms with Gasteiger partial charge in [-0.3, -0.25) is 14.4 Å². The number of carbonyl (C=O) groups is 3. The fourth-order valence-corrected chi connectivity index (χ4v) is 2.33. The Morgan fingerprint density at radius 3 is 2.52 bits per heavy atom.